The van der Waals surface area contributed by atoms with Crippen molar-refractivity contribution in [2.45, 2.75) is 18.9 Å². The van der Waals surface area contributed by atoms with Crippen molar-refractivity contribution in [3.05, 3.63) is 76.1 Å². The zero-order valence-corrected chi connectivity index (χ0v) is 16.7. The van der Waals surface area contributed by atoms with E-state index in [1.807, 2.05) is 32.0 Å². The fourth-order valence-corrected chi connectivity index (χ4v) is 3.36. The smallest absolute Gasteiger partial charge is 0.271 e. The summed E-state index contributed by atoms with van der Waals surface area (Å²) in [4.78, 5) is 24.5. The van der Waals surface area contributed by atoms with Crippen LogP contribution in [-0.4, -0.2) is 28.6 Å². The lowest BCUT2D eigenvalue weighted by Gasteiger charge is -2.11. The maximum Gasteiger partial charge on any atom is 0.271 e. The van der Waals surface area contributed by atoms with Gasteiger partial charge in [0.25, 0.3) is 5.56 Å². The summed E-state index contributed by atoms with van der Waals surface area (Å²) in [7, 11) is 1.58. The first-order valence-corrected chi connectivity index (χ1v) is 9.70. The zero-order valence-electron chi connectivity index (χ0n) is 15.9. The van der Waals surface area contributed by atoms with E-state index in [0.29, 0.717) is 16.5 Å². The van der Waals surface area contributed by atoms with Crippen LogP contribution in [0.3, 0.4) is 0 Å². The molecular formula is C21H21N3O3S. The Morgan fingerprint density at radius 2 is 1.75 bits per heavy atom. The monoisotopic (exact) mass is 395 g/mol. The van der Waals surface area contributed by atoms with Crippen molar-refractivity contribution in [2.75, 3.05) is 18.2 Å². The molecule has 0 saturated heterocycles. The molecule has 1 heterocycles. The molecular weight excluding hydrogens is 374 g/mol. The molecule has 7 heteroatoms. The Morgan fingerprint density at radius 3 is 2.39 bits per heavy atom. The minimum atomic E-state index is -0.241. The van der Waals surface area contributed by atoms with E-state index in [9.17, 15) is 9.59 Å². The quantitative estimate of drug-likeness (QED) is 0.646. The van der Waals surface area contributed by atoms with Gasteiger partial charge in [0, 0.05) is 11.8 Å². The van der Waals surface area contributed by atoms with E-state index in [1.165, 1.54) is 22.5 Å². The predicted octanol–water partition coefficient (Wildman–Crippen LogP) is 3.59. The van der Waals surface area contributed by atoms with Gasteiger partial charge < -0.3 is 10.1 Å². The van der Waals surface area contributed by atoms with E-state index in [-0.39, 0.29) is 17.2 Å². The number of aromatic nitrogens is 2. The van der Waals surface area contributed by atoms with Gasteiger partial charge in [-0.2, -0.15) is 9.78 Å². The highest BCUT2D eigenvalue weighted by Gasteiger charge is 2.10. The highest BCUT2D eigenvalue weighted by Crippen LogP contribution is 2.21. The number of rotatable bonds is 6. The molecule has 0 unspecified atom stereocenters. The molecule has 0 aliphatic heterocycles. The molecule has 2 aromatic carbocycles. The Hall–Kier alpha value is -3.06. The van der Waals surface area contributed by atoms with Crippen molar-refractivity contribution < 1.29 is 9.53 Å². The summed E-state index contributed by atoms with van der Waals surface area (Å²) in [6, 6.07) is 16.0. The van der Waals surface area contributed by atoms with E-state index < -0.39 is 0 Å². The molecule has 0 aliphatic rings. The summed E-state index contributed by atoms with van der Waals surface area (Å²) in [5.74, 6) is 0.776. The molecule has 0 atom stereocenters. The lowest BCUT2D eigenvalue weighted by atomic mass is 10.1. The van der Waals surface area contributed by atoms with Gasteiger partial charge in [0.2, 0.25) is 5.91 Å². The molecule has 0 bridgehead atoms. The summed E-state index contributed by atoms with van der Waals surface area (Å²) >= 11 is 1.28. The lowest BCUT2D eigenvalue weighted by molar-refractivity contribution is -0.113. The van der Waals surface area contributed by atoms with Gasteiger partial charge in [0.15, 0.2) is 0 Å². The summed E-state index contributed by atoms with van der Waals surface area (Å²) < 4.78 is 6.44. The molecule has 28 heavy (non-hydrogen) atoms. The maximum atomic E-state index is 12.3. The predicted molar refractivity (Wildman–Crippen MR) is 112 cm³/mol. The number of nitrogens with one attached hydrogen (secondary N) is 1. The number of hydrogen-bond acceptors (Lipinski definition) is 5. The van der Waals surface area contributed by atoms with Crippen LogP contribution in [0.5, 0.6) is 5.75 Å². The first-order chi connectivity index (χ1) is 13.5. The normalized spacial score (nSPS) is 10.5. The van der Waals surface area contributed by atoms with Crippen molar-refractivity contribution in [3.63, 3.8) is 0 Å². The van der Waals surface area contributed by atoms with Gasteiger partial charge >= 0.3 is 0 Å². The van der Waals surface area contributed by atoms with E-state index >= 15 is 0 Å². The lowest BCUT2D eigenvalue weighted by Crippen LogP contribution is -2.21. The Balaban J connectivity index is 1.71. The number of thioether (sulfide) groups is 1. The highest BCUT2D eigenvalue weighted by molar-refractivity contribution is 7.99. The highest BCUT2D eigenvalue weighted by atomic mass is 32.2. The van der Waals surface area contributed by atoms with Crippen molar-refractivity contribution >= 4 is 23.4 Å². The van der Waals surface area contributed by atoms with Crippen LogP contribution in [0.1, 0.15) is 11.1 Å². The summed E-state index contributed by atoms with van der Waals surface area (Å²) in [5, 5.41) is 7.90. The number of carbonyl (C=O) groups excluding carboxylic acids is 1. The largest absolute Gasteiger partial charge is 0.497 e. The van der Waals surface area contributed by atoms with Gasteiger partial charge in [-0.25, -0.2) is 0 Å². The van der Waals surface area contributed by atoms with Crippen LogP contribution in [-0.2, 0) is 4.79 Å². The molecule has 0 fully saturated rings. The van der Waals surface area contributed by atoms with Gasteiger partial charge in [-0.15, -0.1) is 0 Å². The Morgan fingerprint density at radius 1 is 1.07 bits per heavy atom. The number of para-hydroxylation sites is 1. The second-order valence-corrected chi connectivity index (χ2v) is 7.22. The van der Waals surface area contributed by atoms with Crippen molar-refractivity contribution in [2.24, 2.45) is 0 Å². The third kappa shape index (κ3) is 4.61. The second-order valence-electron chi connectivity index (χ2n) is 6.22. The summed E-state index contributed by atoms with van der Waals surface area (Å²) in [6.45, 7) is 3.92. The van der Waals surface area contributed by atoms with Gasteiger partial charge in [-0.1, -0.05) is 30.0 Å². The molecule has 144 valence electrons. The molecule has 3 rings (SSSR count). The average Bonchev–Trinajstić information content (AvgIpc) is 2.70. The number of amides is 1. The molecule has 0 aliphatic carbocycles. The standard InChI is InChI=1S/C21H21N3O3S/c1-14-5-4-6-15(2)21(14)22-18(25)13-28-19-11-12-20(26)24(23-19)16-7-9-17(27-3)10-8-16/h4-12H,13H2,1-3H3,(H,22,25). The van der Waals surface area contributed by atoms with Crippen LogP contribution in [0.25, 0.3) is 5.69 Å². The summed E-state index contributed by atoms with van der Waals surface area (Å²) in [5.41, 5.74) is 3.26. The second kappa shape index (κ2) is 8.75. The third-order valence-electron chi connectivity index (χ3n) is 4.19. The molecule has 1 N–H and O–H groups in total. The fraction of sp³-hybridized carbons (Fsp3) is 0.190. The van der Waals surface area contributed by atoms with E-state index in [0.717, 1.165) is 16.8 Å². The first-order valence-electron chi connectivity index (χ1n) is 8.71. The molecule has 3 aromatic rings. The molecule has 0 spiro atoms. The Labute approximate surface area is 167 Å². The van der Waals surface area contributed by atoms with Gasteiger partial charge in [-0.05, 0) is 55.3 Å². The van der Waals surface area contributed by atoms with Gasteiger partial charge in [0.1, 0.15) is 10.8 Å². The van der Waals surface area contributed by atoms with E-state index in [2.05, 4.69) is 10.4 Å². The number of aryl methyl sites for hydroxylation is 2. The number of benzene rings is 2. The van der Waals surface area contributed by atoms with Crippen LogP contribution >= 0.6 is 11.8 Å². The minimum absolute atomic E-state index is 0.119. The van der Waals surface area contributed by atoms with Crippen LogP contribution in [0.15, 0.2) is 64.4 Å². The molecule has 1 amide bonds. The molecule has 0 saturated carbocycles. The van der Waals surface area contributed by atoms with Crippen LogP contribution in [0.4, 0.5) is 5.69 Å². The number of hydrogen-bond donors (Lipinski definition) is 1. The van der Waals surface area contributed by atoms with Crippen molar-refractivity contribution in [1.82, 2.24) is 9.78 Å². The van der Waals surface area contributed by atoms with Crippen LogP contribution in [0.2, 0.25) is 0 Å². The van der Waals surface area contributed by atoms with Gasteiger partial charge in [-0.3, -0.25) is 9.59 Å². The Bertz CT molecular complexity index is 1030. The van der Waals surface area contributed by atoms with E-state index in [1.54, 1.807) is 37.4 Å². The van der Waals surface area contributed by atoms with Crippen molar-refractivity contribution in [1.29, 1.82) is 0 Å². The topological polar surface area (TPSA) is 73.2 Å². The zero-order chi connectivity index (χ0) is 20.1. The third-order valence-corrected chi connectivity index (χ3v) is 5.11. The van der Waals surface area contributed by atoms with Crippen molar-refractivity contribution in [3.8, 4) is 11.4 Å². The number of ether oxygens (including phenoxy) is 1. The van der Waals surface area contributed by atoms with E-state index in [4.69, 9.17) is 4.74 Å². The number of methoxy groups -OCH3 is 1. The minimum Gasteiger partial charge on any atom is -0.497 e. The molecule has 1 aromatic heterocycles. The maximum absolute atomic E-state index is 12.3. The first kappa shape index (κ1) is 19.7. The fourth-order valence-electron chi connectivity index (χ4n) is 2.71. The van der Waals surface area contributed by atoms with Gasteiger partial charge in [0.05, 0.1) is 18.6 Å². The summed E-state index contributed by atoms with van der Waals surface area (Å²) in [6.07, 6.45) is 0. The number of anilines is 1. The number of nitrogens with zero attached hydrogens (tertiary/aromatic N) is 2. The molecule has 6 nitrogen and oxygen atoms in total. The Kier molecular flexibility index (Phi) is 6.16. The molecule has 0 radical (unpaired) electrons. The number of carbonyl (C=O) groups is 1. The average molecular weight is 395 g/mol. The van der Waals surface area contributed by atoms with Crippen LogP contribution in [0, 0.1) is 13.8 Å². The SMILES string of the molecule is COc1ccc(-n2nc(SCC(=O)Nc3c(C)cccc3C)ccc2=O)cc1. The van der Waals surface area contributed by atoms with Crippen LogP contribution < -0.4 is 15.6 Å².